The molecule has 2 rings (SSSR count). The first kappa shape index (κ1) is 13.1. The number of hydrogen-bond donors (Lipinski definition) is 1. The second kappa shape index (κ2) is 4.73. The Morgan fingerprint density at radius 1 is 1.28 bits per heavy atom. The van der Waals surface area contributed by atoms with Crippen molar-refractivity contribution in [3.63, 3.8) is 0 Å². The van der Waals surface area contributed by atoms with E-state index in [-0.39, 0.29) is 17.3 Å². The van der Waals surface area contributed by atoms with Gasteiger partial charge < -0.3 is 10.2 Å². The summed E-state index contributed by atoms with van der Waals surface area (Å²) in [6, 6.07) is 6.23. The normalized spacial score (nSPS) is 14.1. The maximum Gasteiger partial charge on any atom is 0.134 e. The van der Waals surface area contributed by atoms with E-state index in [1.165, 1.54) is 12.1 Å². The molecule has 2 aromatic rings. The summed E-state index contributed by atoms with van der Waals surface area (Å²) in [5.74, 6) is 0.484. The Hall–Kier alpha value is -1.35. The lowest BCUT2D eigenvalue weighted by Gasteiger charge is -2.19. The van der Waals surface area contributed by atoms with E-state index in [4.69, 9.17) is 10.2 Å². The van der Waals surface area contributed by atoms with Crippen LogP contribution < -0.4 is 5.73 Å². The summed E-state index contributed by atoms with van der Waals surface area (Å²) in [7, 11) is 0. The van der Waals surface area contributed by atoms with Crippen molar-refractivity contribution >= 4 is 11.0 Å². The molecule has 0 radical (unpaired) electrons. The first-order valence-corrected chi connectivity index (χ1v) is 6.30. The zero-order chi connectivity index (χ0) is 13.3. The minimum atomic E-state index is -0.252. The first-order chi connectivity index (χ1) is 8.35. The SMILES string of the molecule is CC(C)(C)CCC(N)c1cc2cc(F)ccc2o1. The van der Waals surface area contributed by atoms with Gasteiger partial charge in [0.2, 0.25) is 0 Å². The molecule has 0 fully saturated rings. The summed E-state index contributed by atoms with van der Waals surface area (Å²) < 4.78 is 18.7. The Bertz CT molecular complexity index is 539. The van der Waals surface area contributed by atoms with Crippen LogP contribution in [0.1, 0.15) is 45.4 Å². The minimum Gasteiger partial charge on any atom is -0.459 e. The molecule has 0 spiro atoms. The summed E-state index contributed by atoms with van der Waals surface area (Å²) in [5, 5.41) is 0.774. The third kappa shape index (κ3) is 3.10. The summed E-state index contributed by atoms with van der Waals surface area (Å²) in [6.45, 7) is 6.56. The van der Waals surface area contributed by atoms with Crippen LogP contribution in [0, 0.1) is 11.2 Å². The summed E-state index contributed by atoms with van der Waals surface area (Å²) >= 11 is 0. The van der Waals surface area contributed by atoms with Crippen LogP contribution >= 0.6 is 0 Å². The lowest BCUT2D eigenvalue weighted by molar-refractivity contribution is 0.337. The molecule has 1 aromatic heterocycles. The van der Waals surface area contributed by atoms with Gasteiger partial charge in [-0.25, -0.2) is 4.39 Å². The number of hydrogen-bond acceptors (Lipinski definition) is 2. The van der Waals surface area contributed by atoms with Gasteiger partial charge in [0, 0.05) is 5.39 Å². The fourth-order valence-corrected chi connectivity index (χ4v) is 1.95. The van der Waals surface area contributed by atoms with Gasteiger partial charge in [0.1, 0.15) is 17.2 Å². The van der Waals surface area contributed by atoms with E-state index in [1.807, 2.05) is 6.07 Å². The summed E-state index contributed by atoms with van der Waals surface area (Å²) in [6.07, 6.45) is 1.89. The minimum absolute atomic E-state index is 0.125. The molecule has 1 heterocycles. The van der Waals surface area contributed by atoms with Crippen LogP contribution in [0.2, 0.25) is 0 Å². The zero-order valence-electron chi connectivity index (χ0n) is 11.2. The molecule has 3 heteroatoms. The molecule has 18 heavy (non-hydrogen) atoms. The van der Waals surface area contributed by atoms with E-state index < -0.39 is 0 Å². The molecule has 2 N–H and O–H groups in total. The lowest BCUT2D eigenvalue weighted by Crippen LogP contribution is -2.14. The standard InChI is InChI=1S/C15H20FNO/c1-15(2,3)7-6-12(17)14-9-10-8-11(16)4-5-13(10)18-14/h4-5,8-9,12H,6-7,17H2,1-3H3. The van der Waals surface area contributed by atoms with Gasteiger partial charge in [-0.15, -0.1) is 0 Å². The van der Waals surface area contributed by atoms with Crippen molar-refractivity contribution in [1.29, 1.82) is 0 Å². The molecule has 98 valence electrons. The summed E-state index contributed by atoms with van der Waals surface area (Å²) in [5.41, 5.74) is 7.07. The van der Waals surface area contributed by atoms with E-state index in [9.17, 15) is 4.39 Å². The third-order valence-corrected chi connectivity index (χ3v) is 3.07. The number of fused-ring (bicyclic) bond motifs is 1. The van der Waals surface area contributed by atoms with Crippen LogP contribution in [0.5, 0.6) is 0 Å². The van der Waals surface area contributed by atoms with Crippen molar-refractivity contribution in [3.05, 3.63) is 35.8 Å². The average molecular weight is 249 g/mol. The predicted octanol–water partition coefficient (Wildman–Crippen LogP) is 4.40. The molecular weight excluding hydrogens is 229 g/mol. The fourth-order valence-electron chi connectivity index (χ4n) is 1.95. The van der Waals surface area contributed by atoms with Crippen LogP contribution in [-0.4, -0.2) is 0 Å². The number of furan rings is 1. The zero-order valence-corrected chi connectivity index (χ0v) is 11.2. The monoisotopic (exact) mass is 249 g/mol. The molecule has 0 aliphatic rings. The van der Waals surface area contributed by atoms with Crippen molar-refractivity contribution in [2.24, 2.45) is 11.1 Å². The average Bonchev–Trinajstić information content (AvgIpc) is 2.67. The molecule has 1 unspecified atom stereocenters. The van der Waals surface area contributed by atoms with Crippen molar-refractivity contribution in [1.82, 2.24) is 0 Å². The van der Waals surface area contributed by atoms with Gasteiger partial charge in [-0.1, -0.05) is 20.8 Å². The molecular formula is C15H20FNO. The highest BCUT2D eigenvalue weighted by Crippen LogP contribution is 2.29. The number of halogens is 1. The Balaban J connectivity index is 2.15. The van der Waals surface area contributed by atoms with Crippen molar-refractivity contribution < 1.29 is 8.81 Å². The topological polar surface area (TPSA) is 39.2 Å². The highest BCUT2D eigenvalue weighted by atomic mass is 19.1. The second-order valence-corrected chi connectivity index (χ2v) is 6.04. The lowest BCUT2D eigenvalue weighted by atomic mass is 9.88. The van der Waals surface area contributed by atoms with Crippen molar-refractivity contribution in [2.45, 2.75) is 39.7 Å². The van der Waals surface area contributed by atoms with Gasteiger partial charge in [0.25, 0.3) is 0 Å². The van der Waals surface area contributed by atoms with Crippen LogP contribution in [0.3, 0.4) is 0 Å². The van der Waals surface area contributed by atoms with Crippen LogP contribution in [0.25, 0.3) is 11.0 Å². The molecule has 0 amide bonds. The van der Waals surface area contributed by atoms with Gasteiger partial charge >= 0.3 is 0 Å². The predicted molar refractivity (Wildman–Crippen MR) is 71.8 cm³/mol. The Morgan fingerprint density at radius 2 is 2.00 bits per heavy atom. The van der Waals surface area contributed by atoms with Crippen molar-refractivity contribution in [3.8, 4) is 0 Å². The molecule has 0 aliphatic carbocycles. The van der Waals surface area contributed by atoms with Gasteiger partial charge in [-0.05, 0) is 42.5 Å². The Kier molecular flexibility index (Phi) is 3.44. The first-order valence-electron chi connectivity index (χ1n) is 6.30. The largest absolute Gasteiger partial charge is 0.459 e. The molecule has 0 bridgehead atoms. The third-order valence-electron chi connectivity index (χ3n) is 3.07. The van der Waals surface area contributed by atoms with Gasteiger partial charge in [-0.3, -0.25) is 0 Å². The number of rotatable bonds is 3. The van der Waals surface area contributed by atoms with E-state index in [0.717, 1.165) is 24.0 Å². The second-order valence-electron chi connectivity index (χ2n) is 6.04. The van der Waals surface area contributed by atoms with Crippen LogP contribution in [0.15, 0.2) is 28.7 Å². The summed E-state index contributed by atoms with van der Waals surface area (Å²) in [4.78, 5) is 0. The van der Waals surface area contributed by atoms with Gasteiger partial charge in [0.05, 0.1) is 6.04 Å². The highest BCUT2D eigenvalue weighted by Gasteiger charge is 2.17. The van der Waals surface area contributed by atoms with E-state index in [0.29, 0.717) is 5.58 Å². The maximum atomic E-state index is 13.1. The smallest absolute Gasteiger partial charge is 0.134 e. The van der Waals surface area contributed by atoms with Crippen molar-refractivity contribution in [2.75, 3.05) is 0 Å². The van der Waals surface area contributed by atoms with E-state index in [2.05, 4.69) is 20.8 Å². The quantitative estimate of drug-likeness (QED) is 0.875. The van der Waals surface area contributed by atoms with Crippen LogP contribution in [0.4, 0.5) is 4.39 Å². The molecule has 0 saturated carbocycles. The molecule has 0 saturated heterocycles. The molecule has 1 atom stereocenters. The van der Waals surface area contributed by atoms with Crippen LogP contribution in [-0.2, 0) is 0 Å². The number of benzene rings is 1. The highest BCUT2D eigenvalue weighted by molar-refractivity contribution is 5.77. The maximum absolute atomic E-state index is 13.1. The van der Waals surface area contributed by atoms with Gasteiger partial charge in [0.15, 0.2) is 0 Å². The van der Waals surface area contributed by atoms with E-state index in [1.54, 1.807) is 6.07 Å². The molecule has 0 aliphatic heterocycles. The molecule has 1 aromatic carbocycles. The number of nitrogens with two attached hydrogens (primary N) is 1. The van der Waals surface area contributed by atoms with Gasteiger partial charge in [-0.2, -0.15) is 0 Å². The Morgan fingerprint density at radius 3 is 2.67 bits per heavy atom. The molecule has 2 nitrogen and oxygen atoms in total. The Labute approximate surface area is 107 Å². The van der Waals surface area contributed by atoms with E-state index >= 15 is 0 Å². The fraction of sp³-hybridized carbons (Fsp3) is 0.467.